The number of carbonyl (C=O) groups is 1. The van der Waals surface area contributed by atoms with Crippen LogP contribution in [0.25, 0.3) is 0 Å². The molecule has 1 N–H and O–H groups in total. The van der Waals surface area contributed by atoms with Crippen molar-refractivity contribution in [3.63, 3.8) is 0 Å². The van der Waals surface area contributed by atoms with Gasteiger partial charge < -0.3 is 5.32 Å². The molecule has 1 aliphatic rings. The van der Waals surface area contributed by atoms with Crippen molar-refractivity contribution in [2.24, 2.45) is 0 Å². The molecular weight excluding hydrogens is 222 g/mol. The Morgan fingerprint density at radius 2 is 1.94 bits per heavy atom. The van der Waals surface area contributed by atoms with Crippen LogP contribution in [0.1, 0.15) is 51.2 Å². The minimum atomic E-state index is -0.278. The van der Waals surface area contributed by atoms with Crippen LogP contribution in [-0.4, -0.2) is 11.4 Å². The molecule has 1 fully saturated rings. The lowest BCUT2D eigenvalue weighted by Gasteiger charge is -2.42. The SMILES string of the molecule is Cc1cccc(C2(C(=O)NC(C)(C)C)CCC2)c1. The first-order chi connectivity index (χ1) is 8.33. The molecule has 2 heteroatoms. The van der Waals surface area contributed by atoms with E-state index in [0.29, 0.717) is 0 Å². The van der Waals surface area contributed by atoms with Crippen LogP contribution in [0.4, 0.5) is 0 Å². The van der Waals surface area contributed by atoms with Crippen molar-refractivity contribution < 1.29 is 4.79 Å². The highest BCUT2D eigenvalue weighted by Crippen LogP contribution is 2.44. The fourth-order valence-electron chi connectivity index (χ4n) is 2.58. The Morgan fingerprint density at radius 3 is 2.39 bits per heavy atom. The number of rotatable bonds is 2. The summed E-state index contributed by atoms with van der Waals surface area (Å²) in [7, 11) is 0. The predicted octanol–water partition coefficient (Wildman–Crippen LogP) is 3.33. The first kappa shape index (κ1) is 13.1. The maximum Gasteiger partial charge on any atom is 0.231 e. The number of hydrogen-bond donors (Lipinski definition) is 1. The van der Waals surface area contributed by atoms with Crippen molar-refractivity contribution in [3.05, 3.63) is 35.4 Å². The van der Waals surface area contributed by atoms with Gasteiger partial charge in [-0.25, -0.2) is 0 Å². The summed E-state index contributed by atoms with van der Waals surface area (Å²) < 4.78 is 0. The van der Waals surface area contributed by atoms with Gasteiger partial charge in [-0.05, 0) is 46.1 Å². The van der Waals surface area contributed by atoms with E-state index in [1.807, 2.05) is 20.8 Å². The fraction of sp³-hybridized carbons (Fsp3) is 0.562. The molecule has 98 valence electrons. The number of aryl methyl sites for hydroxylation is 1. The highest BCUT2D eigenvalue weighted by atomic mass is 16.2. The molecule has 0 spiro atoms. The third-order valence-corrected chi connectivity index (χ3v) is 3.70. The Balaban J connectivity index is 2.29. The fourth-order valence-corrected chi connectivity index (χ4v) is 2.58. The maximum absolute atomic E-state index is 12.6. The monoisotopic (exact) mass is 245 g/mol. The van der Waals surface area contributed by atoms with Crippen LogP contribution in [0.2, 0.25) is 0 Å². The van der Waals surface area contributed by atoms with E-state index in [4.69, 9.17) is 0 Å². The van der Waals surface area contributed by atoms with Crippen LogP contribution in [0.15, 0.2) is 24.3 Å². The van der Waals surface area contributed by atoms with Gasteiger partial charge in [-0.1, -0.05) is 36.2 Å². The Bertz CT molecular complexity index is 452. The van der Waals surface area contributed by atoms with Gasteiger partial charge in [-0.3, -0.25) is 4.79 Å². The highest BCUT2D eigenvalue weighted by Gasteiger charge is 2.46. The zero-order valence-corrected chi connectivity index (χ0v) is 11.8. The number of amides is 1. The second-order valence-corrected chi connectivity index (χ2v) is 6.51. The minimum Gasteiger partial charge on any atom is -0.351 e. The summed E-state index contributed by atoms with van der Waals surface area (Å²) in [5.41, 5.74) is 1.96. The van der Waals surface area contributed by atoms with Crippen LogP contribution in [0.5, 0.6) is 0 Å². The van der Waals surface area contributed by atoms with E-state index in [-0.39, 0.29) is 16.9 Å². The molecule has 0 heterocycles. The van der Waals surface area contributed by atoms with Crippen molar-refractivity contribution in [1.29, 1.82) is 0 Å². The van der Waals surface area contributed by atoms with Gasteiger partial charge in [0.2, 0.25) is 5.91 Å². The third kappa shape index (κ3) is 2.43. The molecular formula is C16H23NO. The molecule has 1 aromatic rings. The molecule has 2 rings (SSSR count). The molecule has 1 aromatic carbocycles. The lowest BCUT2D eigenvalue weighted by molar-refractivity contribution is -0.131. The van der Waals surface area contributed by atoms with Crippen LogP contribution >= 0.6 is 0 Å². The lowest BCUT2D eigenvalue weighted by Crippen LogP contribution is -2.54. The van der Waals surface area contributed by atoms with E-state index in [0.717, 1.165) is 19.3 Å². The van der Waals surface area contributed by atoms with E-state index in [1.54, 1.807) is 0 Å². The molecule has 0 bridgehead atoms. The van der Waals surface area contributed by atoms with Crippen molar-refractivity contribution in [2.45, 2.75) is 57.9 Å². The predicted molar refractivity (Wildman–Crippen MR) is 74.6 cm³/mol. The van der Waals surface area contributed by atoms with Gasteiger partial charge in [-0.2, -0.15) is 0 Å². The molecule has 0 aromatic heterocycles. The Hall–Kier alpha value is -1.31. The number of benzene rings is 1. The number of nitrogens with one attached hydrogen (secondary N) is 1. The molecule has 0 atom stereocenters. The van der Waals surface area contributed by atoms with E-state index >= 15 is 0 Å². The molecule has 0 saturated heterocycles. The first-order valence-electron chi connectivity index (χ1n) is 6.73. The maximum atomic E-state index is 12.6. The summed E-state index contributed by atoms with van der Waals surface area (Å²) in [4.78, 5) is 12.6. The lowest BCUT2D eigenvalue weighted by atomic mass is 9.63. The Labute approximate surface area is 110 Å². The van der Waals surface area contributed by atoms with Gasteiger partial charge in [-0.15, -0.1) is 0 Å². The Kier molecular flexibility index (Phi) is 3.22. The van der Waals surface area contributed by atoms with Crippen molar-refractivity contribution in [3.8, 4) is 0 Å². The molecule has 0 unspecified atom stereocenters. The van der Waals surface area contributed by atoms with Crippen LogP contribution in [0, 0.1) is 6.92 Å². The third-order valence-electron chi connectivity index (χ3n) is 3.70. The van der Waals surface area contributed by atoms with Gasteiger partial charge in [0.15, 0.2) is 0 Å². The summed E-state index contributed by atoms with van der Waals surface area (Å²) >= 11 is 0. The topological polar surface area (TPSA) is 29.1 Å². The second-order valence-electron chi connectivity index (χ2n) is 6.51. The van der Waals surface area contributed by atoms with Crippen LogP contribution < -0.4 is 5.32 Å². The summed E-state index contributed by atoms with van der Waals surface area (Å²) in [6, 6.07) is 8.38. The smallest absolute Gasteiger partial charge is 0.231 e. The summed E-state index contributed by atoms with van der Waals surface area (Å²) in [6.45, 7) is 8.19. The minimum absolute atomic E-state index is 0.163. The van der Waals surface area contributed by atoms with Gasteiger partial charge in [0.05, 0.1) is 5.41 Å². The van der Waals surface area contributed by atoms with Crippen molar-refractivity contribution in [1.82, 2.24) is 5.32 Å². The average Bonchev–Trinajstić information content (AvgIpc) is 2.12. The molecule has 1 saturated carbocycles. The van der Waals surface area contributed by atoms with Crippen molar-refractivity contribution >= 4 is 5.91 Å². The normalized spacial score (nSPS) is 18.0. The van der Waals surface area contributed by atoms with Gasteiger partial charge in [0.1, 0.15) is 0 Å². The van der Waals surface area contributed by atoms with E-state index < -0.39 is 0 Å². The first-order valence-corrected chi connectivity index (χ1v) is 6.73. The average molecular weight is 245 g/mol. The largest absolute Gasteiger partial charge is 0.351 e. The van der Waals surface area contributed by atoms with Crippen LogP contribution in [0.3, 0.4) is 0 Å². The number of carbonyl (C=O) groups excluding carboxylic acids is 1. The molecule has 0 radical (unpaired) electrons. The summed E-state index contributed by atoms with van der Waals surface area (Å²) in [5, 5.41) is 3.14. The second kappa shape index (κ2) is 4.42. The summed E-state index contributed by atoms with van der Waals surface area (Å²) in [5.74, 6) is 0.187. The van der Waals surface area contributed by atoms with Gasteiger partial charge >= 0.3 is 0 Å². The van der Waals surface area contributed by atoms with E-state index in [1.165, 1.54) is 11.1 Å². The molecule has 1 aliphatic carbocycles. The van der Waals surface area contributed by atoms with E-state index in [2.05, 4.69) is 36.5 Å². The molecule has 0 aliphatic heterocycles. The van der Waals surface area contributed by atoms with E-state index in [9.17, 15) is 4.79 Å². The zero-order valence-electron chi connectivity index (χ0n) is 11.8. The van der Waals surface area contributed by atoms with Gasteiger partial charge in [0, 0.05) is 5.54 Å². The van der Waals surface area contributed by atoms with Gasteiger partial charge in [0.25, 0.3) is 0 Å². The summed E-state index contributed by atoms with van der Waals surface area (Å²) in [6.07, 6.45) is 3.09. The quantitative estimate of drug-likeness (QED) is 0.850. The van der Waals surface area contributed by atoms with Crippen LogP contribution in [-0.2, 0) is 10.2 Å². The molecule has 1 amide bonds. The molecule has 2 nitrogen and oxygen atoms in total. The number of hydrogen-bond acceptors (Lipinski definition) is 1. The van der Waals surface area contributed by atoms with Crippen molar-refractivity contribution in [2.75, 3.05) is 0 Å². The standard InChI is InChI=1S/C16H23NO/c1-12-7-5-8-13(11-12)16(9-6-10-16)14(18)17-15(2,3)4/h5,7-8,11H,6,9-10H2,1-4H3,(H,17,18). The Morgan fingerprint density at radius 1 is 1.28 bits per heavy atom. The highest BCUT2D eigenvalue weighted by molar-refractivity contribution is 5.89. The zero-order chi connectivity index (χ0) is 13.4. The molecule has 18 heavy (non-hydrogen) atoms.